The molecule has 2 fully saturated rings. The molecule has 0 bridgehead atoms. The first-order valence-electron chi connectivity index (χ1n) is 8.40. The van der Waals surface area contributed by atoms with E-state index in [4.69, 9.17) is 0 Å². The molecule has 3 nitrogen and oxygen atoms in total. The average Bonchev–Trinajstić information content (AvgIpc) is 2.56. The van der Waals surface area contributed by atoms with Gasteiger partial charge >= 0.3 is 0 Å². The minimum atomic E-state index is 0.196. The summed E-state index contributed by atoms with van der Waals surface area (Å²) in [5.41, 5.74) is 1.40. The van der Waals surface area contributed by atoms with Crippen LogP contribution in [0.1, 0.15) is 56.6 Å². The fourth-order valence-corrected chi connectivity index (χ4v) is 3.76. The zero-order valence-corrected chi connectivity index (χ0v) is 12.7. The second-order valence-electron chi connectivity index (χ2n) is 6.49. The molecule has 0 spiro atoms. The van der Waals surface area contributed by atoms with E-state index in [1.54, 1.807) is 0 Å². The molecule has 1 amide bonds. The Morgan fingerprint density at radius 3 is 2.48 bits per heavy atom. The molecule has 2 aliphatic rings. The van der Waals surface area contributed by atoms with Crippen LogP contribution in [0.4, 0.5) is 0 Å². The molecule has 1 aliphatic heterocycles. The highest BCUT2D eigenvalue weighted by atomic mass is 16.1. The number of benzene rings is 1. The van der Waals surface area contributed by atoms with Gasteiger partial charge in [-0.15, -0.1) is 0 Å². The predicted octanol–water partition coefficient (Wildman–Crippen LogP) is 3.18. The summed E-state index contributed by atoms with van der Waals surface area (Å²) in [5, 5.41) is 6.84. The molecule has 1 saturated carbocycles. The van der Waals surface area contributed by atoms with Crippen molar-refractivity contribution >= 4 is 5.91 Å². The monoisotopic (exact) mass is 286 g/mol. The Bertz CT molecular complexity index is 444. The highest BCUT2D eigenvalue weighted by Gasteiger charge is 2.28. The fraction of sp³-hybridized carbons (Fsp3) is 0.611. The zero-order valence-electron chi connectivity index (χ0n) is 12.7. The van der Waals surface area contributed by atoms with Crippen LogP contribution in [-0.2, 0) is 4.79 Å². The van der Waals surface area contributed by atoms with E-state index in [9.17, 15) is 4.79 Å². The molecular weight excluding hydrogens is 260 g/mol. The zero-order chi connectivity index (χ0) is 14.5. The summed E-state index contributed by atoms with van der Waals surface area (Å²) in [6.07, 6.45) is 8.37. The van der Waals surface area contributed by atoms with Crippen LogP contribution in [-0.4, -0.2) is 18.5 Å². The largest absolute Gasteiger partial charge is 0.355 e. The third-order valence-electron chi connectivity index (χ3n) is 4.96. The van der Waals surface area contributed by atoms with E-state index in [2.05, 4.69) is 41.0 Å². The molecule has 1 saturated heterocycles. The van der Waals surface area contributed by atoms with Crippen LogP contribution in [0, 0.1) is 5.92 Å². The van der Waals surface area contributed by atoms with Crippen LogP contribution >= 0.6 is 0 Å². The summed E-state index contributed by atoms with van der Waals surface area (Å²) in [5.74, 6) is 0.931. The summed E-state index contributed by atoms with van der Waals surface area (Å²) in [6, 6.07) is 11.7. The average molecular weight is 286 g/mol. The van der Waals surface area contributed by atoms with Gasteiger partial charge < -0.3 is 10.6 Å². The molecule has 21 heavy (non-hydrogen) atoms. The van der Waals surface area contributed by atoms with E-state index in [1.807, 2.05) is 0 Å². The first-order chi connectivity index (χ1) is 10.3. The van der Waals surface area contributed by atoms with Crippen molar-refractivity contribution in [2.45, 2.75) is 57.0 Å². The lowest BCUT2D eigenvalue weighted by Gasteiger charge is -2.35. The van der Waals surface area contributed by atoms with E-state index in [1.165, 1.54) is 37.7 Å². The van der Waals surface area contributed by atoms with Gasteiger partial charge in [0.05, 0.1) is 0 Å². The van der Waals surface area contributed by atoms with E-state index < -0.39 is 0 Å². The van der Waals surface area contributed by atoms with Crippen molar-refractivity contribution in [2.75, 3.05) is 6.54 Å². The molecule has 1 heterocycles. The van der Waals surface area contributed by atoms with Crippen molar-refractivity contribution in [3.05, 3.63) is 35.9 Å². The van der Waals surface area contributed by atoms with Gasteiger partial charge in [-0.1, -0.05) is 49.6 Å². The highest BCUT2D eigenvalue weighted by molar-refractivity contribution is 5.76. The molecule has 1 aromatic rings. The number of amides is 1. The van der Waals surface area contributed by atoms with Crippen molar-refractivity contribution in [1.29, 1.82) is 0 Å². The Hall–Kier alpha value is -1.35. The molecule has 1 aromatic carbocycles. The maximum atomic E-state index is 11.3. The van der Waals surface area contributed by atoms with Crippen LogP contribution < -0.4 is 10.6 Å². The number of hydrogen-bond acceptors (Lipinski definition) is 2. The fourth-order valence-electron chi connectivity index (χ4n) is 3.76. The van der Waals surface area contributed by atoms with Crippen LogP contribution in [0.2, 0.25) is 0 Å². The number of carbonyl (C=O) groups is 1. The van der Waals surface area contributed by atoms with Gasteiger partial charge in [-0.3, -0.25) is 4.79 Å². The van der Waals surface area contributed by atoms with Crippen LogP contribution in [0.15, 0.2) is 30.3 Å². The predicted molar refractivity (Wildman–Crippen MR) is 84.9 cm³/mol. The number of piperidine rings is 1. The molecule has 3 heteroatoms. The second-order valence-corrected chi connectivity index (χ2v) is 6.49. The maximum absolute atomic E-state index is 11.3. The van der Waals surface area contributed by atoms with Gasteiger partial charge in [0, 0.05) is 25.0 Å². The van der Waals surface area contributed by atoms with Gasteiger partial charge in [0.1, 0.15) is 0 Å². The number of hydrogen-bond donors (Lipinski definition) is 2. The number of rotatable bonds is 4. The molecule has 2 N–H and O–H groups in total. The summed E-state index contributed by atoms with van der Waals surface area (Å²) < 4.78 is 0. The maximum Gasteiger partial charge on any atom is 0.220 e. The first kappa shape index (κ1) is 14.6. The van der Waals surface area contributed by atoms with Crippen molar-refractivity contribution < 1.29 is 4.79 Å². The number of nitrogens with one attached hydrogen (secondary N) is 2. The van der Waals surface area contributed by atoms with Crippen LogP contribution in [0.25, 0.3) is 0 Å². The lowest BCUT2D eigenvalue weighted by atomic mass is 9.80. The summed E-state index contributed by atoms with van der Waals surface area (Å²) in [6.45, 7) is 0.773. The lowest BCUT2D eigenvalue weighted by molar-refractivity contribution is -0.122. The molecule has 3 rings (SSSR count). The summed E-state index contributed by atoms with van der Waals surface area (Å²) in [4.78, 5) is 11.3. The Labute approximate surface area is 127 Å². The van der Waals surface area contributed by atoms with Crippen molar-refractivity contribution in [2.24, 2.45) is 5.92 Å². The molecule has 0 aromatic heterocycles. The normalized spacial score (nSPS) is 25.3. The third kappa shape index (κ3) is 3.85. The smallest absolute Gasteiger partial charge is 0.220 e. The molecule has 1 aliphatic carbocycles. The van der Waals surface area contributed by atoms with Gasteiger partial charge in [-0.25, -0.2) is 0 Å². The van der Waals surface area contributed by atoms with Crippen molar-refractivity contribution in [3.63, 3.8) is 0 Å². The standard InChI is InChI=1S/C18H26N2O/c21-17-12-11-16(13-19-17)20-18(14-7-3-1-4-8-14)15-9-5-2-6-10-15/h1,3-4,7-8,15-16,18,20H,2,5-6,9-13H2,(H,19,21). The van der Waals surface area contributed by atoms with Crippen LogP contribution in [0.3, 0.4) is 0 Å². The third-order valence-corrected chi connectivity index (χ3v) is 4.96. The van der Waals surface area contributed by atoms with E-state index in [0.717, 1.165) is 18.9 Å². The first-order valence-corrected chi connectivity index (χ1v) is 8.40. The van der Waals surface area contributed by atoms with Gasteiger partial charge in [0.25, 0.3) is 0 Å². The van der Waals surface area contributed by atoms with Gasteiger partial charge in [0.15, 0.2) is 0 Å². The highest BCUT2D eigenvalue weighted by Crippen LogP contribution is 2.35. The molecule has 2 atom stereocenters. The van der Waals surface area contributed by atoms with Gasteiger partial charge in [-0.05, 0) is 30.7 Å². The van der Waals surface area contributed by atoms with E-state index in [-0.39, 0.29) is 5.91 Å². The molecule has 0 radical (unpaired) electrons. The number of carbonyl (C=O) groups excluding carboxylic acids is 1. The topological polar surface area (TPSA) is 41.1 Å². The van der Waals surface area contributed by atoms with Crippen molar-refractivity contribution in [3.8, 4) is 0 Å². The second kappa shape index (κ2) is 7.08. The van der Waals surface area contributed by atoms with Crippen LogP contribution in [0.5, 0.6) is 0 Å². The Morgan fingerprint density at radius 2 is 1.81 bits per heavy atom. The van der Waals surface area contributed by atoms with Crippen molar-refractivity contribution in [1.82, 2.24) is 10.6 Å². The SMILES string of the molecule is O=C1CCC(NC(c2ccccc2)C2CCCCC2)CN1. The molecular formula is C18H26N2O. The van der Waals surface area contributed by atoms with E-state index in [0.29, 0.717) is 18.5 Å². The molecule has 114 valence electrons. The minimum Gasteiger partial charge on any atom is -0.355 e. The summed E-state index contributed by atoms with van der Waals surface area (Å²) in [7, 11) is 0. The lowest BCUT2D eigenvalue weighted by Crippen LogP contribution is -2.48. The Morgan fingerprint density at radius 1 is 1.05 bits per heavy atom. The van der Waals surface area contributed by atoms with E-state index >= 15 is 0 Å². The Balaban J connectivity index is 1.71. The van der Waals surface area contributed by atoms with Gasteiger partial charge in [0.2, 0.25) is 5.91 Å². The quantitative estimate of drug-likeness (QED) is 0.892. The van der Waals surface area contributed by atoms with Gasteiger partial charge in [-0.2, -0.15) is 0 Å². The molecule has 2 unspecified atom stereocenters. The summed E-state index contributed by atoms with van der Waals surface area (Å²) >= 11 is 0. The Kier molecular flexibility index (Phi) is 4.91. The minimum absolute atomic E-state index is 0.196.